The Balaban J connectivity index is 1.51. The second-order valence-electron chi connectivity index (χ2n) is 7.29. The van der Waals surface area contributed by atoms with Crippen molar-refractivity contribution in [2.24, 2.45) is 0 Å². The van der Waals surface area contributed by atoms with Crippen molar-refractivity contribution in [2.75, 3.05) is 23.8 Å². The largest absolute Gasteiger partial charge is 0.493 e. The van der Waals surface area contributed by atoms with E-state index in [1.807, 2.05) is 42.5 Å². The van der Waals surface area contributed by atoms with Crippen LogP contribution in [-0.4, -0.2) is 19.1 Å². The van der Waals surface area contributed by atoms with Crippen LogP contribution >= 0.6 is 0 Å². The Labute approximate surface area is 172 Å². The maximum atomic E-state index is 12.4. The molecule has 0 fully saturated rings. The third-order valence-corrected chi connectivity index (χ3v) is 4.72. The summed E-state index contributed by atoms with van der Waals surface area (Å²) >= 11 is 0. The topological polar surface area (TPSA) is 50.4 Å². The van der Waals surface area contributed by atoms with Gasteiger partial charge in [-0.15, -0.1) is 0 Å². The Bertz CT molecular complexity index is 945. The Hall–Kier alpha value is -3.27. The summed E-state index contributed by atoms with van der Waals surface area (Å²) in [6.07, 6.45) is 0.844. The lowest BCUT2D eigenvalue weighted by molar-refractivity contribution is -0.114. The van der Waals surface area contributed by atoms with Gasteiger partial charge in [0.15, 0.2) is 0 Å². The summed E-state index contributed by atoms with van der Waals surface area (Å²) < 4.78 is 5.84. The number of carbonyl (C=O) groups is 1. The van der Waals surface area contributed by atoms with Crippen LogP contribution in [0.25, 0.3) is 0 Å². The molecule has 3 rings (SSSR count). The van der Waals surface area contributed by atoms with E-state index in [1.54, 1.807) is 0 Å². The van der Waals surface area contributed by atoms with Crippen molar-refractivity contribution in [3.8, 4) is 5.75 Å². The summed E-state index contributed by atoms with van der Waals surface area (Å²) in [7, 11) is 0. The van der Waals surface area contributed by atoms with Gasteiger partial charge in [-0.1, -0.05) is 54.1 Å². The first-order valence-electron chi connectivity index (χ1n) is 9.89. The van der Waals surface area contributed by atoms with E-state index in [-0.39, 0.29) is 12.5 Å². The van der Waals surface area contributed by atoms with Crippen molar-refractivity contribution in [3.63, 3.8) is 0 Å². The van der Waals surface area contributed by atoms with Crippen LogP contribution in [0, 0.1) is 20.8 Å². The molecule has 3 aromatic rings. The van der Waals surface area contributed by atoms with E-state index in [0.29, 0.717) is 6.61 Å². The number of nitrogens with one attached hydrogen (secondary N) is 2. The first-order chi connectivity index (χ1) is 14.0. The summed E-state index contributed by atoms with van der Waals surface area (Å²) in [4.78, 5) is 12.4. The Kier molecular flexibility index (Phi) is 6.90. The zero-order chi connectivity index (χ0) is 20.6. The van der Waals surface area contributed by atoms with Crippen molar-refractivity contribution >= 4 is 17.3 Å². The van der Waals surface area contributed by atoms with Crippen molar-refractivity contribution in [1.29, 1.82) is 0 Å². The maximum Gasteiger partial charge on any atom is 0.243 e. The summed E-state index contributed by atoms with van der Waals surface area (Å²) in [6, 6.07) is 22.0. The van der Waals surface area contributed by atoms with E-state index in [2.05, 4.69) is 55.7 Å². The van der Waals surface area contributed by atoms with Crippen molar-refractivity contribution in [1.82, 2.24) is 0 Å². The molecular weight excluding hydrogens is 360 g/mol. The van der Waals surface area contributed by atoms with Crippen LogP contribution in [0.2, 0.25) is 0 Å². The summed E-state index contributed by atoms with van der Waals surface area (Å²) in [5.41, 5.74) is 6.49. The van der Waals surface area contributed by atoms with E-state index in [4.69, 9.17) is 4.74 Å². The SMILES string of the molecule is Cc1cc(C)c(NCC(=O)Nc2cccc(OCCc3ccccc3)c2)c(C)c1. The monoisotopic (exact) mass is 388 g/mol. The molecule has 2 N–H and O–H groups in total. The summed E-state index contributed by atoms with van der Waals surface area (Å²) in [5, 5.41) is 6.18. The average Bonchev–Trinajstić information content (AvgIpc) is 2.68. The molecule has 1 amide bonds. The lowest BCUT2D eigenvalue weighted by Crippen LogP contribution is -2.22. The lowest BCUT2D eigenvalue weighted by atomic mass is 10.1. The Morgan fingerprint density at radius 2 is 1.62 bits per heavy atom. The van der Waals surface area contributed by atoms with Crippen LogP contribution in [0.3, 0.4) is 0 Å². The molecular formula is C25H28N2O2. The van der Waals surface area contributed by atoms with Crippen LogP contribution < -0.4 is 15.4 Å². The van der Waals surface area contributed by atoms with Gasteiger partial charge in [0.1, 0.15) is 5.75 Å². The Morgan fingerprint density at radius 3 is 2.34 bits per heavy atom. The molecule has 4 nitrogen and oxygen atoms in total. The molecule has 0 aromatic heterocycles. The fourth-order valence-corrected chi connectivity index (χ4v) is 3.43. The maximum absolute atomic E-state index is 12.4. The van der Waals surface area contributed by atoms with Crippen molar-refractivity contribution in [3.05, 3.63) is 89.0 Å². The lowest BCUT2D eigenvalue weighted by Gasteiger charge is -2.14. The van der Waals surface area contributed by atoms with E-state index in [9.17, 15) is 4.79 Å². The fourth-order valence-electron chi connectivity index (χ4n) is 3.43. The molecule has 29 heavy (non-hydrogen) atoms. The predicted molar refractivity (Wildman–Crippen MR) is 120 cm³/mol. The molecule has 0 radical (unpaired) electrons. The van der Waals surface area contributed by atoms with Gasteiger partial charge in [0.05, 0.1) is 13.2 Å². The van der Waals surface area contributed by atoms with Crippen molar-refractivity contribution < 1.29 is 9.53 Å². The number of aryl methyl sites for hydroxylation is 3. The minimum atomic E-state index is -0.0918. The second-order valence-corrected chi connectivity index (χ2v) is 7.29. The number of benzene rings is 3. The number of amides is 1. The van der Waals surface area contributed by atoms with Gasteiger partial charge in [-0.05, 0) is 49.6 Å². The van der Waals surface area contributed by atoms with Crippen LogP contribution in [0.15, 0.2) is 66.7 Å². The average molecular weight is 389 g/mol. The van der Waals surface area contributed by atoms with Gasteiger partial charge in [-0.3, -0.25) is 4.79 Å². The fraction of sp³-hybridized carbons (Fsp3) is 0.240. The number of ether oxygens (including phenoxy) is 1. The molecule has 0 atom stereocenters. The van der Waals surface area contributed by atoms with Gasteiger partial charge in [-0.2, -0.15) is 0 Å². The number of hydrogen-bond donors (Lipinski definition) is 2. The minimum absolute atomic E-state index is 0.0918. The third kappa shape index (κ3) is 6.11. The van der Waals surface area contributed by atoms with Crippen LogP contribution in [-0.2, 0) is 11.2 Å². The van der Waals surface area contributed by atoms with Crippen LogP contribution in [0.1, 0.15) is 22.3 Å². The molecule has 0 aliphatic rings. The molecule has 0 spiro atoms. The molecule has 0 aliphatic heterocycles. The first kappa shape index (κ1) is 20.5. The zero-order valence-electron chi connectivity index (χ0n) is 17.3. The third-order valence-electron chi connectivity index (χ3n) is 4.72. The van der Waals surface area contributed by atoms with Crippen LogP contribution in [0.5, 0.6) is 5.75 Å². The quantitative estimate of drug-likeness (QED) is 0.552. The standard InChI is InChI=1S/C25H28N2O2/c1-18-14-19(2)25(20(3)15-18)26-17-24(28)27-22-10-7-11-23(16-22)29-13-12-21-8-5-4-6-9-21/h4-11,14-16,26H,12-13,17H2,1-3H3,(H,27,28). The molecule has 0 saturated heterocycles. The number of rotatable bonds is 8. The smallest absolute Gasteiger partial charge is 0.243 e. The van der Waals surface area contributed by atoms with E-state index in [1.165, 1.54) is 11.1 Å². The first-order valence-corrected chi connectivity index (χ1v) is 9.89. The number of anilines is 2. The highest BCUT2D eigenvalue weighted by molar-refractivity contribution is 5.94. The van der Waals surface area contributed by atoms with E-state index >= 15 is 0 Å². The highest BCUT2D eigenvalue weighted by Gasteiger charge is 2.07. The Morgan fingerprint density at radius 1 is 0.897 bits per heavy atom. The van der Waals surface area contributed by atoms with Gasteiger partial charge in [0.2, 0.25) is 5.91 Å². The van der Waals surface area contributed by atoms with Gasteiger partial charge in [0, 0.05) is 23.9 Å². The molecule has 0 bridgehead atoms. The van der Waals surface area contributed by atoms with Crippen LogP contribution in [0.4, 0.5) is 11.4 Å². The molecule has 0 unspecified atom stereocenters. The second kappa shape index (κ2) is 9.78. The van der Waals surface area contributed by atoms with Crippen molar-refractivity contribution in [2.45, 2.75) is 27.2 Å². The minimum Gasteiger partial charge on any atom is -0.493 e. The summed E-state index contributed by atoms with van der Waals surface area (Å²) in [6.45, 7) is 6.98. The normalized spacial score (nSPS) is 10.4. The highest BCUT2D eigenvalue weighted by Crippen LogP contribution is 2.22. The predicted octanol–water partition coefficient (Wildman–Crippen LogP) is 5.28. The van der Waals surface area contributed by atoms with Gasteiger partial charge < -0.3 is 15.4 Å². The highest BCUT2D eigenvalue weighted by atomic mass is 16.5. The molecule has 0 aliphatic carbocycles. The molecule has 150 valence electrons. The molecule has 0 saturated carbocycles. The van der Waals surface area contributed by atoms with Gasteiger partial charge in [0.25, 0.3) is 0 Å². The molecule has 3 aromatic carbocycles. The summed E-state index contributed by atoms with van der Waals surface area (Å²) in [5.74, 6) is 0.655. The number of hydrogen-bond acceptors (Lipinski definition) is 3. The molecule has 0 heterocycles. The van der Waals surface area contributed by atoms with E-state index in [0.717, 1.165) is 34.7 Å². The molecule has 4 heteroatoms. The zero-order valence-corrected chi connectivity index (χ0v) is 17.3. The van der Waals surface area contributed by atoms with E-state index < -0.39 is 0 Å². The number of carbonyl (C=O) groups excluding carboxylic acids is 1. The van der Waals surface area contributed by atoms with Gasteiger partial charge >= 0.3 is 0 Å². The van der Waals surface area contributed by atoms with Gasteiger partial charge in [-0.25, -0.2) is 0 Å².